The SMILES string of the molecule is CC1C(=O)c2ccccc2OC1(C)c1ccccc1. The van der Waals surface area contributed by atoms with Crippen LogP contribution in [0.2, 0.25) is 0 Å². The highest BCUT2D eigenvalue weighted by molar-refractivity contribution is 6.01. The highest BCUT2D eigenvalue weighted by atomic mass is 16.5. The Balaban J connectivity index is 2.13. The van der Waals surface area contributed by atoms with Gasteiger partial charge >= 0.3 is 0 Å². The second-order valence-electron chi connectivity index (χ2n) is 5.16. The maximum Gasteiger partial charge on any atom is 0.173 e. The van der Waals surface area contributed by atoms with Crippen molar-refractivity contribution in [3.05, 3.63) is 65.7 Å². The van der Waals surface area contributed by atoms with E-state index in [1.54, 1.807) is 0 Å². The van der Waals surface area contributed by atoms with Crippen molar-refractivity contribution in [2.45, 2.75) is 19.4 Å². The zero-order valence-electron chi connectivity index (χ0n) is 11.1. The van der Waals surface area contributed by atoms with Crippen molar-refractivity contribution in [3.63, 3.8) is 0 Å². The van der Waals surface area contributed by atoms with E-state index in [-0.39, 0.29) is 11.7 Å². The first kappa shape index (κ1) is 12.0. The van der Waals surface area contributed by atoms with Crippen molar-refractivity contribution in [3.8, 4) is 5.75 Å². The molecule has 0 radical (unpaired) electrons. The third-order valence-corrected chi connectivity index (χ3v) is 4.04. The third kappa shape index (κ3) is 1.75. The number of fused-ring (bicyclic) bond motifs is 1. The van der Waals surface area contributed by atoms with Gasteiger partial charge in [-0.2, -0.15) is 0 Å². The molecule has 0 fully saturated rings. The van der Waals surface area contributed by atoms with Crippen LogP contribution in [0.4, 0.5) is 0 Å². The van der Waals surface area contributed by atoms with Crippen LogP contribution in [0.1, 0.15) is 29.8 Å². The lowest BCUT2D eigenvalue weighted by Gasteiger charge is -2.40. The van der Waals surface area contributed by atoms with E-state index >= 15 is 0 Å². The highest BCUT2D eigenvalue weighted by Gasteiger charge is 2.44. The molecule has 0 amide bonds. The minimum Gasteiger partial charge on any atom is -0.481 e. The number of Topliss-reactive ketones (excluding diaryl/α,β-unsaturated/α-hetero) is 1. The molecule has 0 aromatic heterocycles. The van der Waals surface area contributed by atoms with Crippen LogP contribution in [0.15, 0.2) is 54.6 Å². The van der Waals surface area contributed by atoms with Gasteiger partial charge in [-0.05, 0) is 24.6 Å². The summed E-state index contributed by atoms with van der Waals surface area (Å²) in [6.07, 6.45) is 0. The second-order valence-corrected chi connectivity index (χ2v) is 5.16. The van der Waals surface area contributed by atoms with Crippen LogP contribution >= 0.6 is 0 Å². The molecule has 3 rings (SSSR count). The van der Waals surface area contributed by atoms with Gasteiger partial charge in [-0.3, -0.25) is 4.79 Å². The summed E-state index contributed by atoms with van der Waals surface area (Å²) < 4.78 is 6.17. The predicted molar refractivity (Wildman–Crippen MR) is 74.4 cm³/mol. The lowest BCUT2D eigenvalue weighted by molar-refractivity contribution is 0.0166. The van der Waals surface area contributed by atoms with Crippen LogP contribution in [0, 0.1) is 5.92 Å². The summed E-state index contributed by atoms with van der Waals surface area (Å²) in [7, 11) is 0. The van der Waals surface area contributed by atoms with Crippen molar-refractivity contribution in [2.24, 2.45) is 5.92 Å². The van der Waals surface area contributed by atoms with Gasteiger partial charge in [0.2, 0.25) is 0 Å². The van der Waals surface area contributed by atoms with E-state index in [1.807, 2.05) is 68.4 Å². The number of benzene rings is 2. The van der Waals surface area contributed by atoms with Crippen molar-refractivity contribution < 1.29 is 9.53 Å². The van der Waals surface area contributed by atoms with Crippen molar-refractivity contribution in [2.75, 3.05) is 0 Å². The molecule has 96 valence electrons. The molecule has 0 bridgehead atoms. The quantitative estimate of drug-likeness (QED) is 0.771. The summed E-state index contributed by atoms with van der Waals surface area (Å²) >= 11 is 0. The van der Waals surface area contributed by atoms with Crippen LogP contribution < -0.4 is 4.74 Å². The Morgan fingerprint density at radius 2 is 1.63 bits per heavy atom. The van der Waals surface area contributed by atoms with Gasteiger partial charge in [-0.15, -0.1) is 0 Å². The normalized spacial score (nSPS) is 25.6. The number of rotatable bonds is 1. The lowest BCUT2D eigenvalue weighted by Crippen LogP contribution is -2.44. The van der Waals surface area contributed by atoms with E-state index in [0.29, 0.717) is 11.3 Å². The molecule has 2 aromatic rings. The molecular formula is C17H16O2. The molecule has 2 atom stereocenters. The van der Waals surface area contributed by atoms with Crippen molar-refractivity contribution >= 4 is 5.78 Å². The van der Waals surface area contributed by atoms with E-state index in [2.05, 4.69) is 0 Å². The summed E-state index contributed by atoms with van der Waals surface area (Å²) in [4.78, 5) is 12.5. The first-order valence-electron chi connectivity index (χ1n) is 6.51. The van der Waals surface area contributed by atoms with Gasteiger partial charge in [0.25, 0.3) is 0 Å². The van der Waals surface area contributed by atoms with Gasteiger partial charge in [0.15, 0.2) is 5.78 Å². The summed E-state index contributed by atoms with van der Waals surface area (Å²) in [6.45, 7) is 3.92. The number of carbonyl (C=O) groups is 1. The molecule has 2 aromatic carbocycles. The molecule has 1 heterocycles. The fraction of sp³-hybridized carbons (Fsp3) is 0.235. The Hall–Kier alpha value is -2.09. The topological polar surface area (TPSA) is 26.3 Å². The lowest BCUT2D eigenvalue weighted by atomic mass is 9.77. The Morgan fingerprint density at radius 3 is 2.37 bits per heavy atom. The predicted octanol–water partition coefficient (Wildman–Crippen LogP) is 3.81. The van der Waals surface area contributed by atoms with Gasteiger partial charge in [0.05, 0.1) is 11.5 Å². The van der Waals surface area contributed by atoms with E-state index in [9.17, 15) is 4.79 Å². The number of hydrogen-bond acceptors (Lipinski definition) is 2. The maximum absolute atomic E-state index is 12.5. The van der Waals surface area contributed by atoms with Gasteiger partial charge in [-0.1, -0.05) is 49.4 Å². The summed E-state index contributed by atoms with van der Waals surface area (Å²) in [5.41, 5.74) is 1.11. The van der Waals surface area contributed by atoms with Crippen LogP contribution in [0.3, 0.4) is 0 Å². The van der Waals surface area contributed by atoms with Gasteiger partial charge in [-0.25, -0.2) is 0 Å². The smallest absolute Gasteiger partial charge is 0.173 e. The molecule has 1 aliphatic rings. The number of carbonyl (C=O) groups excluding carboxylic acids is 1. The maximum atomic E-state index is 12.5. The Labute approximate surface area is 113 Å². The van der Waals surface area contributed by atoms with Crippen LogP contribution in [-0.4, -0.2) is 5.78 Å². The minimum atomic E-state index is -0.604. The molecule has 0 saturated heterocycles. The number of hydrogen-bond donors (Lipinski definition) is 0. The Kier molecular flexibility index (Phi) is 2.67. The third-order valence-electron chi connectivity index (χ3n) is 4.04. The average molecular weight is 252 g/mol. The first-order chi connectivity index (χ1) is 9.13. The summed E-state index contributed by atoms with van der Waals surface area (Å²) in [5.74, 6) is 0.620. The largest absolute Gasteiger partial charge is 0.481 e. The van der Waals surface area contributed by atoms with E-state index in [1.165, 1.54) is 0 Å². The fourth-order valence-electron chi connectivity index (χ4n) is 2.64. The molecule has 0 spiro atoms. The highest BCUT2D eigenvalue weighted by Crippen LogP contribution is 2.42. The van der Waals surface area contributed by atoms with E-state index in [0.717, 1.165) is 5.56 Å². The van der Waals surface area contributed by atoms with E-state index < -0.39 is 5.60 Å². The van der Waals surface area contributed by atoms with Crippen molar-refractivity contribution in [1.82, 2.24) is 0 Å². The number of ketones is 1. The molecule has 0 saturated carbocycles. The molecule has 2 nitrogen and oxygen atoms in total. The molecule has 2 unspecified atom stereocenters. The number of ether oxygens (including phenoxy) is 1. The fourth-order valence-corrected chi connectivity index (χ4v) is 2.64. The standard InChI is InChI=1S/C17H16O2/c1-12-16(18)14-10-6-7-11-15(14)19-17(12,2)13-8-4-3-5-9-13/h3-12H,1-2H3. The monoisotopic (exact) mass is 252 g/mol. The zero-order valence-corrected chi connectivity index (χ0v) is 11.1. The summed E-state index contributed by atoms with van der Waals surface area (Å²) in [6, 6.07) is 17.4. The zero-order chi connectivity index (χ0) is 13.5. The molecule has 0 N–H and O–H groups in total. The molecule has 1 aliphatic heterocycles. The minimum absolute atomic E-state index is 0.146. The Bertz CT molecular complexity index is 618. The van der Waals surface area contributed by atoms with Gasteiger partial charge < -0.3 is 4.74 Å². The van der Waals surface area contributed by atoms with Crippen LogP contribution in [0.5, 0.6) is 5.75 Å². The van der Waals surface area contributed by atoms with Crippen LogP contribution in [-0.2, 0) is 5.60 Å². The number of para-hydroxylation sites is 1. The van der Waals surface area contributed by atoms with Gasteiger partial charge in [0, 0.05) is 0 Å². The molecule has 0 aliphatic carbocycles. The summed E-state index contributed by atoms with van der Waals surface area (Å²) in [5, 5.41) is 0. The van der Waals surface area contributed by atoms with E-state index in [4.69, 9.17) is 4.74 Å². The average Bonchev–Trinajstić information content (AvgIpc) is 2.46. The second kappa shape index (κ2) is 4.23. The first-order valence-corrected chi connectivity index (χ1v) is 6.51. The van der Waals surface area contributed by atoms with Crippen LogP contribution in [0.25, 0.3) is 0 Å². The van der Waals surface area contributed by atoms with Gasteiger partial charge in [0.1, 0.15) is 11.4 Å². The molecular weight excluding hydrogens is 236 g/mol. The van der Waals surface area contributed by atoms with Crippen molar-refractivity contribution in [1.29, 1.82) is 0 Å². The Morgan fingerprint density at radius 1 is 1.00 bits per heavy atom. The molecule has 2 heteroatoms. The molecule has 19 heavy (non-hydrogen) atoms.